The van der Waals surface area contributed by atoms with Gasteiger partial charge in [-0.15, -0.1) is 0 Å². The van der Waals surface area contributed by atoms with E-state index in [1.807, 2.05) is 0 Å². The number of halogens is 1. The van der Waals surface area contributed by atoms with Crippen molar-refractivity contribution in [1.82, 2.24) is 0 Å². The predicted octanol–water partition coefficient (Wildman–Crippen LogP) is 1.96. The second kappa shape index (κ2) is 2.61. The molecule has 1 aliphatic carbocycles. The van der Waals surface area contributed by atoms with E-state index in [1.54, 1.807) is 19.3 Å². The second-order valence-corrected chi connectivity index (χ2v) is 1.86. The van der Waals surface area contributed by atoms with E-state index < -0.39 is 0 Å². The minimum absolute atomic E-state index is 0.472. The van der Waals surface area contributed by atoms with Gasteiger partial charge in [-0.05, 0) is 17.9 Å². The Morgan fingerprint density at radius 3 is 2.89 bits per heavy atom. The molecule has 0 unspecified atom stereocenters. The molecule has 1 aliphatic rings. The molecule has 0 saturated carbocycles. The molecule has 1 nitrogen and oxygen atoms in total. The molecule has 9 heavy (non-hydrogen) atoms. The summed E-state index contributed by atoms with van der Waals surface area (Å²) in [5.41, 5.74) is 5.36. The predicted molar refractivity (Wildman–Crippen MR) is 36.1 cm³/mol. The Bertz CT molecular complexity index is 238. The third-order valence-corrected chi connectivity index (χ3v) is 1.22. The fourth-order valence-electron chi connectivity index (χ4n) is 0.515. The molecule has 0 radical (unpaired) electrons. The topological polar surface area (TPSA) is 9.23 Å². The number of rotatable bonds is 1. The normalized spacial score (nSPS) is 14.9. The van der Waals surface area contributed by atoms with Crippen LogP contribution in [-0.2, 0) is 4.74 Å². The van der Waals surface area contributed by atoms with Crippen LogP contribution in [0.25, 0.3) is 0 Å². The third kappa shape index (κ3) is 1.28. The molecule has 0 heterocycles. The van der Waals surface area contributed by atoms with Crippen LogP contribution in [0.15, 0.2) is 34.4 Å². The molecule has 0 fully saturated rings. The number of allylic oxidation sites excluding steroid dienone is 3. The molecule has 0 amide bonds. The van der Waals surface area contributed by atoms with Gasteiger partial charge in [0.2, 0.25) is 0 Å². The Balaban J connectivity index is 2.97. The first-order chi connectivity index (χ1) is 4.34. The van der Waals surface area contributed by atoms with Crippen molar-refractivity contribution in [3.05, 3.63) is 34.4 Å². The zero-order valence-corrected chi connectivity index (χ0v) is 5.70. The van der Waals surface area contributed by atoms with Crippen LogP contribution in [0.1, 0.15) is 0 Å². The van der Waals surface area contributed by atoms with Crippen LogP contribution < -0.4 is 0 Å². The fourth-order valence-corrected chi connectivity index (χ4v) is 0.709. The fraction of sp³-hybridized carbons (Fsp3) is 0.143. The summed E-state index contributed by atoms with van der Waals surface area (Å²) >= 11 is 5.61. The van der Waals surface area contributed by atoms with E-state index in [-0.39, 0.29) is 0 Å². The number of ether oxygens (including phenoxy) is 1. The van der Waals surface area contributed by atoms with Crippen LogP contribution >= 0.6 is 11.6 Å². The molecule has 0 spiro atoms. The van der Waals surface area contributed by atoms with E-state index >= 15 is 0 Å². The summed E-state index contributed by atoms with van der Waals surface area (Å²) in [6, 6.07) is 0. The maximum atomic E-state index is 5.61. The van der Waals surface area contributed by atoms with E-state index in [0.717, 1.165) is 0 Å². The molecular weight excluding hydrogens is 136 g/mol. The van der Waals surface area contributed by atoms with Gasteiger partial charge in [0.1, 0.15) is 10.8 Å². The standard InChI is InChI=1S/C7H5ClO/c1-9-7-5-3-2-4-6(7)8/h3,5H,1H3. The van der Waals surface area contributed by atoms with Gasteiger partial charge in [0.15, 0.2) is 0 Å². The van der Waals surface area contributed by atoms with Gasteiger partial charge in [-0.3, -0.25) is 0 Å². The van der Waals surface area contributed by atoms with E-state index in [0.29, 0.717) is 10.8 Å². The summed E-state index contributed by atoms with van der Waals surface area (Å²) in [7, 11) is 1.56. The lowest BCUT2D eigenvalue weighted by molar-refractivity contribution is 0.305. The average Bonchev–Trinajstić information content (AvgIpc) is 1.89. The summed E-state index contributed by atoms with van der Waals surface area (Å²) < 4.78 is 4.86. The van der Waals surface area contributed by atoms with Crippen molar-refractivity contribution in [2.45, 2.75) is 0 Å². The molecule has 0 N–H and O–H groups in total. The van der Waals surface area contributed by atoms with Crippen molar-refractivity contribution in [2.75, 3.05) is 7.11 Å². The van der Waals surface area contributed by atoms with Gasteiger partial charge in [-0.1, -0.05) is 17.3 Å². The molecule has 0 aromatic carbocycles. The number of hydrogen-bond acceptors (Lipinski definition) is 1. The van der Waals surface area contributed by atoms with Crippen molar-refractivity contribution in [2.24, 2.45) is 0 Å². The number of methoxy groups -OCH3 is 1. The summed E-state index contributed by atoms with van der Waals surface area (Å²) in [5.74, 6) is 0.635. The highest BCUT2D eigenvalue weighted by Crippen LogP contribution is 2.14. The summed E-state index contributed by atoms with van der Waals surface area (Å²) in [5, 5.41) is 0.472. The van der Waals surface area contributed by atoms with Crippen LogP contribution in [0.5, 0.6) is 0 Å². The van der Waals surface area contributed by atoms with Crippen LogP contribution in [0.4, 0.5) is 0 Å². The second-order valence-electron chi connectivity index (χ2n) is 1.49. The van der Waals surface area contributed by atoms with Gasteiger partial charge < -0.3 is 4.74 Å². The molecule has 0 aromatic heterocycles. The van der Waals surface area contributed by atoms with Gasteiger partial charge in [-0.2, -0.15) is 0 Å². The van der Waals surface area contributed by atoms with Gasteiger partial charge >= 0.3 is 0 Å². The summed E-state index contributed by atoms with van der Waals surface area (Å²) in [4.78, 5) is 0. The maximum Gasteiger partial charge on any atom is 0.146 e. The van der Waals surface area contributed by atoms with Crippen molar-refractivity contribution >= 4 is 11.6 Å². The van der Waals surface area contributed by atoms with E-state index in [4.69, 9.17) is 16.3 Å². The van der Waals surface area contributed by atoms with Gasteiger partial charge in [0.25, 0.3) is 0 Å². The summed E-state index contributed by atoms with van der Waals surface area (Å²) in [6.45, 7) is 0. The third-order valence-electron chi connectivity index (χ3n) is 0.936. The lowest BCUT2D eigenvalue weighted by Crippen LogP contribution is -1.85. The lowest BCUT2D eigenvalue weighted by atomic mass is 10.3. The Hall–Kier alpha value is -0.870. The first kappa shape index (κ1) is 6.25. The lowest BCUT2D eigenvalue weighted by Gasteiger charge is -2.00. The largest absolute Gasteiger partial charge is 0.494 e. The Labute approximate surface area is 58.6 Å². The zero-order valence-electron chi connectivity index (χ0n) is 4.94. The van der Waals surface area contributed by atoms with Crippen LogP contribution in [0, 0.1) is 0 Å². The quantitative estimate of drug-likeness (QED) is 0.506. The van der Waals surface area contributed by atoms with Gasteiger partial charge in [-0.25, -0.2) is 0 Å². The first-order valence-electron chi connectivity index (χ1n) is 2.46. The zero-order chi connectivity index (χ0) is 6.69. The van der Waals surface area contributed by atoms with Crippen molar-refractivity contribution in [3.63, 3.8) is 0 Å². The maximum absolute atomic E-state index is 5.61. The Morgan fingerprint density at radius 2 is 2.44 bits per heavy atom. The Kier molecular flexibility index (Phi) is 1.81. The van der Waals surface area contributed by atoms with Crippen molar-refractivity contribution in [3.8, 4) is 0 Å². The molecule has 2 heteroatoms. The van der Waals surface area contributed by atoms with Crippen LogP contribution in [0.3, 0.4) is 0 Å². The van der Waals surface area contributed by atoms with E-state index in [9.17, 15) is 0 Å². The highest BCUT2D eigenvalue weighted by molar-refractivity contribution is 6.31. The van der Waals surface area contributed by atoms with Gasteiger partial charge in [0, 0.05) is 0 Å². The average molecular weight is 141 g/mol. The monoisotopic (exact) mass is 140 g/mol. The SMILES string of the molecule is COC1=CC=C=C=C1Cl. The Morgan fingerprint density at radius 1 is 1.67 bits per heavy atom. The molecular formula is C7H5ClO. The van der Waals surface area contributed by atoms with E-state index in [1.165, 1.54) is 0 Å². The molecule has 0 aliphatic heterocycles. The first-order valence-corrected chi connectivity index (χ1v) is 2.84. The van der Waals surface area contributed by atoms with Crippen molar-refractivity contribution in [1.29, 1.82) is 0 Å². The minimum atomic E-state index is 0.472. The van der Waals surface area contributed by atoms with Crippen LogP contribution in [-0.4, -0.2) is 7.11 Å². The molecule has 1 rings (SSSR count). The summed E-state index contributed by atoms with van der Waals surface area (Å²) in [6.07, 6.45) is 3.43. The smallest absolute Gasteiger partial charge is 0.146 e. The minimum Gasteiger partial charge on any atom is -0.494 e. The molecule has 0 bridgehead atoms. The molecule has 46 valence electrons. The van der Waals surface area contributed by atoms with Crippen molar-refractivity contribution < 1.29 is 4.74 Å². The van der Waals surface area contributed by atoms with Gasteiger partial charge in [0.05, 0.1) is 7.11 Å². The molecule has 0 saturated heterocycles. The number of hydrogen-bond donors (Lipinski definition) is 0. The van der Waals surface area contributed by atoms with Crippen LogP contribution in [0.2, 0.25) is 0 Å². The molecule has 0 atom stereocenters. The highest BCUT2D eigenvalue weighted by atomic mass is 35.5. The van der Waals surface area contributed by atoms with E-state index in [2.05, 4.69) is 11.5 Å². The molecule has 0 aromatic rings. The highest BCUT2D eigenvalue weighted by Gasteiger charge is 1.99.